The number of hydrogen-bond donors (Lipinski definition) is 1. The molecule has 4 heteroatoms. The molecule has 2 rings (SSSR count). The third-order valence-corrected chi connectivity index (χ3v) is 2.34. The Bertz CT molecular complexity index is 438. The van der Waals surface area contributed by atoms with E-state index in [1.165, 1.54) is 0 Å². The number of carbonyl (C=O) groups excluding carboxylic acids is 1. The van der Waals surface area contributed by atoms with E-state index in [-0.39, 0.29) is 57.1 Å². The minimum atomic E-state index is -0.456. The first kappa shape index (κ1) is 13.9. The van der Waals surface area contributed by atoms with Gasteiger partial charge in [0.1, 0.15) is 17.1 Å². The van der Waals surface area contributed by atoms with Crippen molar-refractivity contribution >= 4 is 62.9 Å². The van der Waals surface area contributed by atoms with E-state index >= 15 is 0 Å². The van der Waals surface area contributed by atoms with E-state index in [0.717, 1.165) is 6.42 Å². The number of para-hydroxylation sites is 1. The van der Waals surface area contributed by atoms with Gasteiger partial charge in [0.05, 0.1) is 0 Å². The number of fused-ring (bicyclic) bond motifs is 1. The predicted molar refractivity (Wildman–Crippen MR) is 62.3 cm³/mol. The number of carbonyl (C=O) groups is 1. The maximum absolute atomic E-state index is 11.5. The van der Waals surface area contributed by atoms with Crippen LogP contribution in [0.25, 0.3) is 5.57 Å². The van der Waals surface area contributed by atoms with Crippen LogP contribution in [0.1, 0.15) is 25.3 Å². The summed E-state index contributed by atoms with van der Waals surface area (Å²) in [6.45, 7) is 1.95. The summed E-state index contributed by atoms with van der Waals surface area (Å²) in [5.74, 6) is 0.190. The van der Waals surface area contributed by atoms with E-state index in [1.807, 2.05) is 13.0 Å². The standard InChI is InChI=1S/C12H12O3.K/c1-2-5-9(13)11-8-6-3-4-7-10(8)15-12(11)14;/h3-4,6-7,13H,2,5H2,1H3;/b11-9-;. The molecule has 1 aliphatic heterocycles. The molecular formula is C12H12KO3. The summed E-state index contributed by atoms with van der Waals surface area (Å²) in [5.41, 5.74) is 1.00. The van der Waals surface area contributed by atoms with Crippen molar-refractivity contribution in [2.24, 2.45) is 0 Å². The van der Waals surface area contributed by atoms with E-state index in [1.54, 1.807) is 18.2 Å². The zero-order chi connectivity index (χ0) is 10.8. The minimum absolute atomic E-state index is 0. The third kappa shape index (κ3) is 2.57. The van der Waals surface area contributed by atoms with Gasteiger partial charge in [-0.25, -0.2) is 4.79 Å². The van der Waals surface area contributed by atoms with Crippen LogP contribution in [0, 0.1) is 0 Å². The molecule has 0 fully saturated rings. The molecular weight excluding hydrogens is 231 g/mol. The summed E-state index contributed by atoms with van der Waals surface area (Å²) in [4.78, 5) is 11.5. The second-order valence-electron chi connectivity index (χ2n) is 3.46. The van der Waals surface area contributed by atoms with Gasteiger partial charge in [-0.05, 0) is 12.5 Å². The Morgan fingerprint density at radius 3 is 2.75 bits per heavy atom. The van der Waals surface area contributed by atoms with Gasteiger partial charge in [0.2, 0.25) is 0 Å². The molecule has 1 N–H and O–H groups in total. The van der Waals surface area contributed by atoms with Crippen LogP contribution in [-0.4, -0.2) is 62.5 Å². The number of benzene rings is 1. The predicted octanol–water partition coefficient (Wildman–Crippen LogP) is 2.29. The number of aliphatic hydroxyl groups excluding tert-OH is 1. The maximum atomic E-state index is 11.5. The van der Waals surface area contributed by atoms with Crippen molar-refractivity contribution in [1.29, 1.82) is 0 Å². The van der Waals surface area contributed by atoms with E-state index in [4.69, 9.17) is 4.74 Å². The monoisotopic (exact) mass is 243 g/mol. The summed E-state index contributed by atoms with van der Waals surface area (Å²) in [7, 11) is 0. The Labute approximate surface area is 137 Å². The Kier molecular flexibility index (Phi) is 5.20. The fourth-order valence-corrected chi connectivity index (χ4v) is 1.66. The maximum Gasteiger partial charge on any atom is 0.347 e. The van der Waals surface area contributed by atoms with Gasteiger partial charge >= 0.3 is 5.97 Å². The van der Waals surface area contributed by atoms with Crippen molar-refractivity contribution < 1.29 is 14.6 Å². The number of allylic oxidation sites excluding steroid dienone is 1. The molecule has 1 heterocycles. The summed E-state index contributed by atoms with van der Waals surface area (Å²) in [6, 6.07) is 7.12. The molecule has 0 amide bonds. The number of aliphatic hydroxyl groups is 1. The normalized spacial score (nSPS) is 16.2. The van der Waals surface area contributed by atoms with Gasteiger partial charge in [-0.2, -0.15) is 0 Å². The van der Waals surface area contributed by atoms with E-state index in [0.29, 0.717) is 23.3 Å². The molecule has 0 atom stereocenters. The summed E-state index contributed by atoms with van der Waals surface area (Å²) < 4.78 is 5.03. The molecule has 1 aliphatic rings. The van der Waals surface area contributed by atoms with Crippen molar-refractivity contribution in [3.63, 3.8) is 0 Å². The molecule has 3 nitrogen and oxygen atoms in total. The summed E-state index contributed by atoms with van der Waals surface area (Å²) >= 11 is 0. The zero-order valence-electron chi connectivity index (χ0n) is 9.49. The van der Waals surface area contributed by atoms with Crippen LogP contribution in [0.3, 0.4) is 0 Å². The first-order valence-corrected chi connectivity index (χ1v) is 4.97. The number of ether oxygens (including phenoxy) is 1. The molecule has 1 radical (unpaired) electrons. The molecule has 0 saturated heterocycles. The van der Waals surface area contributed by atoms with E-state index < -0.39 is 5.97 Å². The SMILES string of the molecule is CCC/C(O)=C1/C(=O)Oc2ccccc21.[K]. The third-order valence-electron chi connectivity index (χ3n) is 2.34. The average Bonchev–Trinajstić information content (AvgIpc) is 2.54. The Hall–Kier alpha value is -0.134. The van der Waals surface area contributed by atoms with Crippen LogP contribution in [-0.2, 0) is 4.79 Å². The van der Waals surface area contributed by atoms with Gasteiger partial charge in [0.25, 0.3) is 0 Å². The van der Waals surface area contributed by atoms with Gasteiger partial charge < -0.3 is 9.84 Å². The van der Waals surface area contributed by atoms with Crippen LogP contribution in [0.4, 0.5) is 0 Å². The average molecular weight is 243 g/mol. The molecule has 0 saturated carbocycles. The summed E-state index contributed by atoms with van der Waals surface area (Å²) in [5, 5.41) is 9.74. The molecule has 79 valence electrons. The fraction of sp³-hybridized carbons (Fsp3) is 0.250. The largest absolute Gasteiger partial charge is 0.511 e. The van der Waals surface area contributed by atoms with Crippen LogP contribution >= 0.6 is 0 Å². The molecule has 0 unspecified atom stereocenters. The zero-order valence-corrected chi connectivity index (χ0v) is 12.6. The van der Waals surface area contributed by atoms with Gasteiger partial charge in [-0.15, -0.1) is 0 Å². The second-order valence-corrected chi connectivity index (χ2v) is 3.46. The van der Waals surface area contributed by atoms with Crippen molar-refractivity contribution in [2.75, 3.05) is 0 Å². The van der Waals surface area contributed by atoms with Crippen LogP contribution in [0.5, 0.6) is 5.75 Å². The topological polar surface area (TPSA) is 46.5 Å². The summed E-state index contributed by atoms with van der Waals surface area (Å²) in [6.07, 6.45) is 1.30. The van der Waals surface area contributed by atoms with E-state index in [9.17, 15) is 9.90 Å². The Balaban J connectivity index is 0.00000128. The number of rotatable bonds is 2. The second kappa shape index (κ2) is 5.98. The van der Waals surface area contributed by atoms with Gasteiger partial charge in [0.15, 0.2) is 0 Å². The van der Waals surface area contributed by atoms with Crippen molar-refractivity contribution in [3.05, 3.63) is 35.6 Å². The van der Waals surface area contributed by atoms with Crippen LogP contribution in [0.15, 0.2) is 30.0 Å². The molecule has 0 bridgehead atoms. The van der Waals surface area contributed by atoms with Crippen LogP contribution < -0.4 is 4.74 Å². The smallest absolute Gasteiger partial charge is 0.347 e. The quantitative estimate of drug-likeness (QED) is 0.285. The van der Waals surface area contributed by atoms with Gasteiger partial charge in [-0.1, -0.05) is 25.1 Å². The number of hydrogen-bond acceptors (Lipinski definition) is 3. The van der Waals surface area contributed by atoms with Crippen molar-refractivity contribution in [3.8, 4) is 5.75 Å². The first-order valence-electron chi connectivity index (χ1n) is 4.97. The number of esters is 1. The van der Waals surface area contributed by atoms with Crippen molar-refractivity contribution in [1.82, 2.24) is 0 Å². The van der Waals surface area contributed by atoms with Gasteiger partial charge in [0, 0.05) is 63.4 Å². The Morgan fingerprint density at radius 2 is 2.06 bits per heavy atom. The van der Waals surface area contributed by atoms with Gasteiger partial charge in [-0.3, -0.25) is 0 Å². The molecule has 0 aromatic heterocycles. The molecule has 1 aromatic rings. The molecule has 0 spiro atoms. The van der Waals surface area contributed by atoms with E-state index in [2.05, 4.69) is 0 Å². The minimum Gasteiger partial charge on any atom is -0.511 e. The Morgan fingerprint density at radius 1 is 1.38 bits per heavy atom. The first-order chi connectivity index (χ1) is 7.24. The molecule has 1 aromatic carbocycles. The fourth-order valence-electron chi connectivity index (χ4n) is 1.66. The van der Waals surface area contributed by atoms with Crippen molar-refractivity contribution in [2.45, 2.75) is 19.8 Å². The molecule has 16 heavy (non-hydrogen) atoms. The molecule has 0 aliphatic carbocycles. The van der Waals surface area contributed by atoms with Crippen LogP contribution in [0.2, 0.25) is 0 Å².